The molecule has 0 spiro atoms. The Morgan fingerprint density at radius 1 is 1.38 bits per heavy atom. The molecule has 1 aliphatic rings. The number of aromatic nitrogens is 2. The Morgan fingerprint density at radius 2 is 2.12 bits per heavy atom. The van der Waals surface area contributed by atoms with Crippen LogP contribution < -0.4 is 10.6 Å². The molecule has 132 valence electrons. The summed E-state index contributed by atoms with van der Waals surface area (Å²) in [7, 11) is 0. The molecule has 1 fully saturated rings. The van der Waals surface area contributed by atoms with E-state index in [1.54, 1.807) is 4.90 Å². The number of hydrogen-bond acceptors (Lipinski definition) is 5. The molecular formula is C15H22BrN5O3. The number of piperidine rings is 1. The van der Waals surface area contributed by atoms with Gasteiger partial charge in [0.25, 0.3) is 0 Å². The smallest absolute Gasteiger partial charge is 0.410 e. The third-order valence-electron chi connectivity index (χ3n) is 3.26. The molecule has 0 saturated carbocycles. The van der Waals surface area contributed by atoms with E-state index in [1.807, 2.05) is 20.8 Å². The van der Waals surface area contributed by atoms with Crippen LogP contribution in [0.5, 0.6) is 0 Å². The number of likely N-dealkylation sites (tertiary alicyclic amines) is 1. The second-order valence-electron chi connectivity index (χ2n) is 6.59. The Hall–Kier alpha value is -1.90. The largest absolute Gasteiger partial charge is 0.444 e. The van der Waals surface area contributed by atoms with Crippen molar-refractivity contribution >= 4 is 33.9 Å². The topological polar surface area (TPSA) is 96.5 Å². The Morgan fingerprint density at radius 3 is 2.79 bits per heavy atom. The van der Waals surface area contributed by atoms with Crippen molar-refractivity contribution in [2.75, 3.05) is 18.4 Å². The number of nitrogens with zero attached hydrogens (tertiary/aromatic N) is 3. The van der Waals surface area contributed by atoms with Crippen LogP contribution in [-0.2, 0) is 4.74 Å². The molecule has 2 heterocycles. The van der Waals surface area contributed by atoms with Crippen LogP contribution >= 0.6 is 15.9 Å². The van der Waals surface area contributed by atoms with Gasteiger partial charge in [0.15, 0.2) is 5.82 Å². The molecule has 3 amide bonds. The third-order valence-corrected chi connectivity index (χ3v) is 3.64. The number of hydrogen-bond donors (Lipinski definition) is 2. The van der Waals surface area contributed by atoms with E-state index < -0.39 is 5.60 Å². The summed E-state index contributed by atoms with van der Waals surface area (Å²) in [6.45, 7) is 6.55. The molecule has 24 heavy (non-hydrogen) atoms. The molecule has 1 saturated heterocycles. The van der Waals surface area contributed by atoms with Crippen molar-refractivity contribution in [2.24, 2.45) is 0 Å². The summed E-state index contributed by atoms with van der Waals surface area (Å²) in [5.41, 5.74) is -0.534. The van der Waals surface area contributed by atoms with E-state index in [2.05, 4.69) is 36.5 Å². The fourth-order valence-electron chi connectivity index (χ4n) is 2.33. The van der Waals surface area contributed by atoms with Gasteiger partial charge in [-0.05, 0) is 49.5 Å². The number of amides is 3. The van der Waals surface area contributed by atoms with E-state index in [0.717, 1.165) is 12.8 Å². The van der Waals surface area contributed by atoms with Gasteiger partial charge < -0.3 is 15.0 Å². The summed E-state index contributed by atoms with van der Waals surface area (Å²) in [6, 6.07) is -0.509. The minimum atomic E-state index is -0.534. The monoisotopic (exact) mass is 399 g/mol. The molecule has 1 unspecified atom stereocenters. The van der Waals surface area contributed by atoms with Crippen LogP contribution in [0.2, 0.25) is 0 Å². The van der Waals surface area contributed by atoms with Gasteiger partial charge in [-0.2, -0.15) is 0 Å². The number of carbonyl (C=O) groups excluding carboxylic acids is 2. The Bertz CT molecular complexity index is 605. The third kappa shape index (κ3) is 5.95. The molecule has 9 heteroatoms. The molecule has 8 nitrogen and oxygen atoms in total. The zero-order valence-electron chi connectivity index (χ0n) is 14.0. The molecule has 0 aliphatic carbocycles. The van der Waals surface area contributed by atoms with Gasteiger partial charge in [-0.25, -0.2) is 14.6 Å². The highest BCUT2D eigenvalue weighted by Crippen LogP contribution is 2.15. The number of anilines is 1. The van der Waals surface area contributed by atoms with E-state index in [-0.39, 0.29) is 18.2 Å². The Balaban J connectivity index is 1.86. The van der Waals surface area contributed by atoms with Gasteiger partial charge >= 0.3 is 12.1 Å². The Labute approximate surface area is 149 Å². The zero-order chi connectivity index (χ0) is 17.7. The number of urea groups is 1. The van der Waals surface area contributed by atoms with Gasteiger partial charge in [0.1, 0.15) is 10.2 Å². The van der Waals surface area contributed by atoms with Crippen molar-refractivity contribution in [3.8, 4) is 0 Å². The first-order valence-corrected chi connectivity index (χ1v) is 8.55. The van der Waals surface area contributed by atoms with Crippen molar-refractivity contribution in [2.45, 2.75) is 45.3 Å². The molecule has 1 aromatic heterocycles. The average molecular weight is 400 g/mol. The first-order chi connectivity index (χ1) is 11.2. The maximum Gasteiger partial charge on any atom is 0.410 e. The Kier molecular flexibility index (Phi) is 5.98. The fraction of sp³-hybridized carbons (Fsp3) is 0.600. The predicted octanol–water partition coefficient (Wildman–Crippen LogP) is 2.76. The number of carbonyl (C=O) groups is 2. The summed E-state index contributed by atoms with van der Waals surface area (Å²) < 4.78 is 5.91. The van der Waals surface area contributed by atoms with Crippen molar-refractivity contribution < 1.29 is 14.3 Å². The lowest BCUT2D eigenvalue weighted by molar-refractivity contribution is 0.0191. The molecule has 2 N–H and O–H groups in total. The number of rotatable bonds is 2. The molecule has 2 rings (SSSR count). The van der Waals surface area contributed by atoms with Crippen molar-refractivity contribution in [3.63, 3.8) is 0 Å². The number of nitrogens with one attached hydrogen (secondary N) is 2. The second kappa shape index (κ2) is 7.78. The van der Waals surface area contributed by atoms with Crippen LogP contribution in [0.3, 0.4) is 0 Å². The van der Waals surface area contributed by atoms with Crippen LogP contribution in [0.15, 0.2) is 17.0 Å². The van der Waals surface area contributed by atoms with Crippen LogP contribution in [0, 0.1) is 0 Å². The highest BCUT2D eigenvalue weighted by Gasteiger charge is 2.28. The standard InChI is InChI=1S/C15H22BrN5O3/c1-15(2,3)24-14(23)21-6-4-5-10(9-21)18-13(22)20-12-8-17-7-11(16)19-12/h7-8,10H,4-6,9H2,1-3H3,(H2,18,19,20,22). The summed E-state index contributed by atoms with van der Waals surface area (Å²) in [6.07, 6.45) is 4.24. The molecule has 1 atom stereocenters. The molecule has 1 aliphatic heterocycles. The summed E-state index contributed by atoms with van der Waals surface area (Å²) in [5.74, 6) is 0.349. The van der Waals surface area contributed by atoms with Gasteiger partial charge in [0.2, 0.25) is 0 Å². The van der Waals surface area contributed by atoms with Gasteiger partial charge in [-0.3, -0.25) is 10.3 Å². The first kappa shape index (κ1) is 18.4. The SMILES string of the molecule is CC(C)(C)OC(=O)N1CCCC(NC(=O)Nc2cncc(Br)n2)C1. The van der Waals surface area contributed by atoms with Crippen LogP contribution in [0.1, 0.15) is 33.6 Å². The molecular weight excluding hydrogens is 378 g/mol. The van der Waals surface area contributed by atoms with E-state index in [0.29, 0.717) is 23.5 Å². The van der Waals surface area contributed by atoms with Crippen molar-refractivity contribution in [3.05, 3.63) is 17.0 Å². The van der Waals surface area contributed by atoms with Crippen molar-refractivity contribution in [1.82, 2.24) is 20.2 Å². The molecule has 0 aromatic carbocycles. The summed E-state index contributed by atoms with van der Waals surface area (Å²) in [4.78, 5) is 33.8. The minimum Gasteiger partial charge on any atom is -0.444 e. The van der Waals surface area contributed by atoms with Gasteiger partial charge in [0, 0.05) is 19.1 Å². The van der Waals surface area contributed by atoms with E-state index in [4.69, 9.17) is 4.74 Å². The van der Waals surface area contributed by atoms with E-state index in [9.17, 15) is 9.59 Å². The van der Waals surface area contributed by atoms with Crippen LogP contribution in [-0.4, -0.2) is 51.7 Å². The highest BCUT2D eigenvalue weighted by molar-refractivity contribution is 9.10. The summed E-state index contributed by atoms with van der Waals surface area (Å²) in [5, 5.41) is 5.48. The zero-order valence-corrected chi connectivity index (χ0v) is 15.6. The van der Waals surface area contributed by atoms with Crippen LogP contribution in [0.4, 0.5) is 15.4 Å². The van der Waals surface area contributed by atoms with E-state index >= 15 is 0 Å². The lowest BCUT2D eigenvalue weighted by Gasteiger charge is -2.34. The minimum absolute atomic E-state index is 0.133. The summed E-state index contributed by atoms with van der Waals surface area (Å²) >= 11 is 3.19. The van der Waals surface area contributed by atoms with Crippen LogP contribution in [0.25, 0.3) is 0 Å². The van der Waals surface area contributed by atoms with Crippen molar-refractivity contribution in [1.29, 1.82) is 0 Å². The number of halogens is 1. The molecule has 1 aromatic rings. The highest BCUT2D eigenvalue weighted by atomic mass is 79.9. The maximum absolute atomic E-state index is 12.1. The van der Waals surface area contributed by atoms with Gasteiger partial charge in [0.05, 0.1) is 12.4 Å². The molecule has 0 radical (unpaired) electrons. The normalized spacial score (nSPS) is 18.0. The molecule has 0 bridgehead atoms. The first-order valence-electron chi connectivity index (χ1n) is 7.76. The van der Waals surface area contributed by atoms with E-state index in [1.165, 1.54) is 12.4 Å². The number of ether oxygens (including phenoxy) is 1. The lowest BCUT2D eigenvalue weighted by Crippen LogP contribution is -2.51. The predicted molar refractivity (Wildman–Crippen MR) is 92.7 cm³/mol. The van der Waals surface area contributed by atoms with Gasteiger partial charge in [-0.15, -0.1) is 0 Å². The lowest BCUT2D eigenvalue weighted by atomic mass is 10.1. The maximum atomic E-state index is 12.1. The quantitative estimate of drug-likeness (QED) is 0.796. The van der Waals surface area contributed by atoms with Gasteiger partial charge in [-0.1, -0.05) is 0 Å². The second-order valence-corrected chi connectivity index (χ2v) is 7.40. The fourth-order valence-corrected chi connectivity index (χ4v) is 2.64. The average Bonchev–Trinajstić information content (AvgIpc) is 2.45.